The molecule has 1 heterocycles. The molecule has 20 heavy (non-hydrogen) atoms. The molecule has 1 unspecified atom stereocenters. The fourth-order valence-electron chi connectivity index (χ4n) is 3.18. The van der Waals surface area contributed by atoms with Crippen molar-refractivity contribution in [3.63, 3.8) is 0 Å². The van der Waals surface area contributed by atoms with E-state index in [2.05, 4.69) is 60.8 Å². The normalized spacial score (nSPS) is 17.8. The number of aryl methyl sites for hydroxylation is 1. The molecule has 2 aromatic rings. The Morgan fingerprint density at radius 2 is 1.75 bits per heavy atom. The van der Waals surface area contributed by atoms with E-state index in [4.69, 9.17) is 0 Å². The Morgan fingerprint density at radius 1 is 1.00 bits per heavy atom. The Hall–Kier alpha value is -1.60. The number of rotatable bonds is 4. The van der Waals surface area contributed by atoms with Crippen molar-refractivity contribution in [3.8, 4) is 0 Å². The quantitative estimate of drug-likeness (QED) is 0.878. The van der Waals surface area contributed by atoms with Crippen LogP contribution in [0.15, 0.2) is 48.5 Å². The fraction of sp³-hybridized carbons (Fsp3) is 0.368. The SMILES string of the molecule is CCCc1ccc(CC2CNCc3ccccc32)cc1. The lowest BCUT2D eigenvalue weighted by molar-refractivity contribution is 0.539. The van der Waals surface area contributed by atoms with Gasteiger partial charge in [-0.25, -0.2) is 0 Å². The van der Waals surface area contributed by atoms with Crippen LogP contribution in [0.1, 0.15) is 41.5 Å². The molecule has 0 bridgehead atoms. The van der Waals surface area contributed by atoms with Gasteiger partial charge >= 0.3 is 0 Å². The number of fused-ring (bicyclic) bond motifs is 1. The molecule has 1 N–H and O–H groups in total. The van der Waals surface area contributed by atoms with E-state index in [1.54, 1.807) is 0 Å². The molecular formula is C19H23N. The van der Waals surface area contributed by atoms with Gasteiger partial charge in [0.05, 0.1) is 0 Å². The number of hydrogen-bond donors (Lipinski definition) is 1. The van der Waals surface area contributed by atoms with Crippen LogP contribution in [-0.2, 0) is 19.4 Å². The summed E-state index contributed by atoms with van der Waals surface area (Å²) in [5, 5.41) is 3.54. The second-order valence-corrected chi connectivity index (χ2v) is 5.80. The summed E-state index contributed by atoms with van der Waals surface area (Å²) < 4.78 is 0. The lowest BCUT2D eigenvalue weighted by Gasteiger charge is -2.26. The first-order chi connectivity index (χ1) is 9.86. The molecule has 0 aliphatic carbocycles. The van der Waals surface area contributed by atoms with Crippen molar-refractivity contribution in [2.75, 3.05) is 6.54 Å². The van der Waals surface area contributed by atoms with E-state index in [9.17, 15) is 0 Å². The minimum Gasteiger partial charge on any atom is -0.312 e. The van der Waals surface area contributed by atoms with Gasteiger partial charge in [0.15, 0.2) is 0 Å². The maximum atomic E-state index is 3.54. The molecule has 1 aliphatic rings. The van der Waals surface area contributed by atoms with Crippen molar-refractivity contribution < 1.29 is 0 Å². The number of benzene rings is 2. The first-order valence-electron chi connectivity index (χ1n) is 7.73. The second kappa shape index (κ2) is 6.23. The lowest BCUT2D eigenvalue weighted by Crippen LogP contribution is -2.29. The summed E-state index contributed by atoms with van der Waals surface area (Å²) >= 11 is 0. The summed E-state index contributed by atoms with van der Waals surface area (Å²) in [6.45, 7) is 4.34. The van der Waals surface area contributed by atoms with Gasteiger partial charge in [-0.3, -0.25) is 0 Å². The highest BCUT2D eigenvalue weighted by atomic mass is 14.9. The fourth-order valence-corrected chi connectivity index (χ4v) is 3.18. The van der Waals surface area contributed by atoms with Crippen LogP contribution >= 0.6 is 0 Å². The zero-order chi connectivity index (χ0) is 13.8. The van der Waals surface area contributed by atoms with Gasteiger partial charge in [-0.05, 0) is 35.1 Å². The minimum atomic E-state index is 0.608. The first kappa shape index (κ1) is 13.4. The Balaban J connectivity index is 1.75. The Morgan fingerprint density at radius 3 is 2.55 bits per heavy atom. The summed E-state index contributed by atoms with van der Waals surface area (Å²) in [6.07, 6.45) is 3.55. The molecule has 2 aromatic carbocycles. The Kier molecular flexibility index (Phi) is 4.17. The third-order valence-electron chi connectivity index (χ3n) is 4.24. The van der Waals surface area contributed by atoms with Crippen molar-refractivity contribution >= 4 is 0 Å². The number of nitrogens with one attached hydrogen (secondary N) is 1. The van der Waals surface area contributed by atoms with E-state index in [1.807, 2.05) is 0 Å². The minimum absolute atomic E-state index is 0.608. The van der Waals surface area contributed by atoms with Gasteiger partial charge < -0.3 is 5.32 Å². The zero-order valence-corrected chi connectivity index (χ0v) is 12.2. The van der Waals surface area contributed by atoms with Crippen LogP contribution in [-0.4, -0.2) is 6.54 Å². The molecular weight excluding hydrogens is 242 g/mol. The molecule has 0 spiro atoms. The number of hydrogen-bond acceptors (Lipinski definition) is 1. The van der Waals surface area contributed by atoms with Gasteiger partial charge in [0.1, 0.15) is 0 Å². The Labute approximate surface area is 122 Å². The van der Waals surface area contributed by atoms with Crippen LogP contribution in [0.5, 0.6) is 0 Å². The molecule has 0 radical (unpaired) electrons. The summed E-state index contributed by atoms with van der Waals surface area (Å²) in [7, 11) is 0. The molecule has 1 nitrogen and oxygen atoms in total. The summed E-state index contributed by atoms with van der Waals surface area (Å²) in [6, 6.07) is 18.1. The smallest absolute Gasteiger partial charge is 0.0208 e. The molecule has 1 aliphatic heterocycles. The van der Waals surface area contributed by atoms with E-state index < -0.39 is 0 Å². The van der Waals surface area contributed by atoms with Gasteiger partial charge in [0.2, 0.25) is 0 Å². The predicted molar refractivity (Wildman–Crippen MR) is 85.0 cm³/mol. The van der Waals surface area contributed by atoms with Crippen LogP contribution in [0.3, 0.4) is 0 Å². The summed E-state index contributed by atoms with van der Waals surface area (Å²) in [5.41, 5.74) is 5.90. The molecule has 104 valence electrons. The van der Waals surface area contributed by atoms with Crippen molar-refractivity contribution in [3.05, 3.63) is 70.8 Å². The maximum absolute atomic E-state index is 3.54. The third-order valence-corrected chi connectivity index (χ3v) is 4.24. The van der Waals surface area contributed by atoms with E-state index in [0.717, 1.165) is 19.5 Å². The van der Waals surface area contributed by atoms with E-state index in [-0.39, 0.29) is 0 Å². The summed E-state index contributed by atoms with van der Waals surface area (Å²) in [4.78, 5) is 0. The van der Waals surface area contributed by atoms with Crippen molar-refractivity contribution in [1.82, 2.24) is 5.32 Å². The van der Waals surface area contributed by atoms with Crippen molar-refractivity contribution in [2.45, 2.75) is 38.6 Å². The summed E-state index contributed by atoms with van der Waals surface area (Å²) in [5.74, 6) is 0.608. The molecule has 0 amide bonds. The third kappa shape index (κ3) is 2.94. The lowest BCUT2D eigenvalue weighted by atomic mass is 9.86. The topological polar surface area (TPSA) is 12.0 Å². The van der Waals surface area contributed by atoms with Crippen LogP contribution in [0.2, 0.25) is 0 Å². The molecule has 0 aromatic heterocycles. The average molecular weight is 265 g/mol. The molecule has 1 heteroatoms. The van der Waals surface area contributed by atoms with Gasteiger partial charge in [0, 0.05) is 19.0 Å². The molecule has 0 fully saturated rings. The average Bonchev–Trinajstić information content (AvgIpc) is 2.50. The monoisotopic (exact) mass is 265 g/mol. The van der Waals surface area contributed by atoms with Gasteiger partial charge in [-0.2, -0.15) is 0 Å². The first-order valence-corrected chi connectivity index (χ1v) is 7.73. The largest absolute Gasteiger partial charge is 0.312 e. The molecule has 0 saturated carbocycles. The maximum Gasteiger partial charge on any atom is 0.0208 e. The van der Waals surface area contributed by atoms with Crippen molar-refractivity contribution in [2.24, 2.45) is 0 Å². The van der Waals surface area contributed by atoms with Gasteiger partial charge in [0.25, 0.3) is 0 Å². The molecule has 1 atom stereocenters. The van der Waals surface area contributed by atoms with Crippen LogP contribution in [0, 0.1) is 0 Å². The van der Waals surface area contributed by atoms with Gasteiger partial charge in [-0.1, -0.05) is 61.9 Å². The highest BCUT2D eigenvalue weighted by Crippen LogP contribution is 2.27. The van der Waals surface area contributed by atoms with Gasteiger partial charge in [-0.15, -0.1) is 0 Å². The van der Waals surface area contributed by atoms with E-state index >= 15 is 0 Å². The highest BCUT2D eigenvalue weighted by molar-refractivity contribution is 5.34. The van der Waals surface area contributed by atoms with E-state index in [1.165, 1.54) is 35.1 Å². The second-order valence-electron chi connectivity index (χ2n) is 5.80. The van der Waals surface area contributed by atoms with Crippen LogP contribution < -0.4 is 5.32 Å². The Bertz CT molecular complexity index is 556. The highest BCUT2D eigenvalue weighted by Gasteiger charge is 2.19. The van der Waals surface area contributed by atoms with Crippen LogP contribution in [0.4, 0.5) is 0 Å². The molecule has 0 saturated heterocycles. The van der Waals surface area contributed by atoms with E-state index in [0.29, 0.717) is 5.92 Å². The standard InChI is InChI=1S/C19H23N/c1-2-5-15-8-10-16(11-9-15)12-18-14-20-13-17-6-3-4-7-19(17)18/h3-4,6-11,18,20H,2,5,12-14H2,1H3. The zero-order valence-electron chi connectivity index (χ0n) is 12.2. The predicted octanol–water partition coefficient (Wildman–Crippen LogP) is 4.07. The molecule has 3 rings (SSSR count). The van der Waals surface area contributed by atoms with Crippen molar-refractivity contribution in [1.29, 1.82) is 0 Å². The van der Waals surface area contributed by atoms with Crippen LogP contribution in [0.25, 0.3) is 0 Å².